The van der Waals surface area contributed by atoms with E-state index in [0.29, 0.717) is 11.6 Å². The Morgan fingerprint density at radius 2 is 1.46 bits per heavy atom. The molecule has 1 amide bonds. The second kappa shape index (κ2) is 7.08. The molecule has 0 unspecified atom stereocenters. The van der Waals surface area contributed by atoms with Crippen molar-refractivity contribution in [3.05, 3.63) is 65.5 Å². The molecule has 0 spiro atoms. The summed E-state index contributed by atoms with van der Waals surface area (Å²) in [6, 6.07) is 7.49. The van der Waals surface area contributed by atoms with Crippen LogP contribution in [-0.2, 0) is 10.0 Å². The number of carbonyl (C=O) groups is 1. The first-order valence-electron chi connectivity index (χ1n) is 7.79. The van der Waals surface area contributed by atoms with Gasteiger partial charge in [0, 0.05) is 31.7 Å². The highest BCUT2D eigenvalue weighted by molar-refractivity contribution is 7.89. The molecule has 2 aromatic rings. The molecule has 1 saturated heterocycles. The van der Waals surface area contributed by atoms with Crippen LogP contribution in [0.2, 0.25) is 0 Å². The van der Waals surface area contributed by atoms with Crippen LogP contribution in [0.3, 0.4) is 0 Å². The Morgan fingerprint density at radius 3 is 2.04 bits per heavy atom. The van der Waals surface area contributed by atoms with Crippen LogP contribution in [0.15, 0.2) is 47.4 Å². The molecule has 5 nitrogen and oxygen atoms in total. The minimum absolute atomic E-state index is 0.0221. The summed E-state index contributed by atoms with van der Waals surface area (Å²) in [5.41, 5.74) is 0.309. The Hall–Kier alpha value is -2.39. The second-order valence-electron chi connectivity index (χ2n) is 5.78. The van der Waals surface area contributed by atoms with Gasteiger partial charge >= 0.3 is 0 Å². The number of piperazine rings is 1. The topological polar surface area (TPSA) is 57.7 Å². The molecule has 0 bridgehead atoms. The van der Waals surface area contributed by atoms with Gasteiger partial charge in [-0.05, 0) is 42.5 Å². The van der Waals surface area contributed by atoms with Gasteiger partial charge in [0.1, 0.15) is 5.82 Å². The van der Waals surface area contributed by atoms with Crippen LogP contribution < -0.4 is 0 Å². The number of nitrogens with zero attached hydrogens (tertiary/aromatic N) is 2. The normalized spacial score (nSPS) is 15.9. The summed E-state index contributed by atoms with van der Waals surface area (Å²) in [6.07, 6.45) is 0. The Balaban J connectivity index is 1.70. The molecule has 0 N–H and O–H groups in total. The highest BCUT2D eigenvalue weighted by Crippen LogP contribution is 2.20. The molecular formula is C17H15F3N2O3S. The maximum atomic E-state index is 13.3. The highest BCUT2D eigenvalue weighted by atomic mass is 32.2. The number of hydrogen-bond donors (Lipinski definition) is 0. The van der Waals surface area contributed by atoms with Gasteiger partial charge in [0.25, 0.3) is 5.91 Å². The lowest BCUT2D eigenvalue weighted by Gasteiger charge is -2.34. The molecule has 1 aliphatic rings. The molecule has 1 fully saturated rings. The number of hydrogen-bond acceptors (Lipinski definition) is 3. The summed E-state index contributed by atoms with van der Waals surface area (Å²) in [5, 5.41) is 0. The summed E-state index contributed by atoms with van der Waals surface area (Å²) < 4.78 is 65.4. The van der Waals surface area contributed by atoms with E-state index in [-0.39, 0.29) is 37.0 Å². The van der Waals surface area contributed by atoms with Crippen LogP contribution in [-0.4, -0.2) is 49.7 Å². The number of carbonyl (C=O) groups excluding carboxylic acids is 1. The van der Waals surface area contributed by atoms with Gasteiger partial charge in [-0.2, -0.15) is 4.31 Å². The lowest BCUT2D eigenvalue weighted by Crippen LogP contribution is -2.50. The number of amides is 1. The van der Waals surface area contributed by atoms with Crippen molar-refractivity contribution in [1.29, 1.82) is 0 Å². The second-order valence-corrected chi connectivity index (χ2v) is 7.72. The standard InChI is InChI=1S/C17H15F3N2O3S/c18-13-3-1-12(2-4-13)17(23)21-7-9-22(10-8-21)26(24,25)14-5-6-15(19)16(20)11-14/h1-6,11H,7-10H2. The monoisotopic (exact) mass is 384 g/mol. The zero-order chi connectivity index (χ0) is 18.9. The zero-order valence-electron chi connectivity index (χ0n) is 13.5. The molecule has 1 heterocycles. The first-order valence-corrected chi connectivity index (χ1v) is 9.23. The predicted molar refractivity (Wildman–Crippen MR) is 87.4 cm³/mol. The molecule has 2 aromatic carbocycles. The molecule has 0 aromatic heterocycles. The van der Waals surface area contributed by atoms with Crippen LogP contribution >= 0.6 is 0 Å². The van der Waals surface area contributed by atoms with Crippen LogP contribution in [0.1, 0.15) is 10.4 Å². The smallest absolute Gasteiger partial charge is 0.253 e. The molecule has 9 heteroatoms. The van der Waals surface area contributed by atoms with Gasteiger partial charge in [-0.25, -0.2) is 21.6 Å². The molecular weight excluding hydrogens is 369 g/mol. The van der Waals surface area contributed by atoms with Crippen molar-refractivity contribution in [2.75, 3.05) is 26.2 Å². The van der Waals surface area contributed by atoms with E-state index >= 15 is 0 Å². The van der Waals surface area contributed by atoms with E-state index in [4.69, 9.17) is 0 Å². The largest absolute Gasteiger partial charge is 0.336 e. The highest BCUT2D eigenvalue weighted by Gasteiger charge is 2.31. The summed E-state index contributed by atoms with van der Waals surface area (Å²) in [7, 11) is -3.98. The lowest BCUT2D eigenvalue weighted by molar-refractivity contribution is 0.0698. The van der Waals surface area contributed by atoms with Crippen LogP contribution in [0.4, 0.5) is 13.2 Å². The fourth-order valence-corrected chi connectivity index (χ4v) is 4.13. The minimum Gasteiger partial charge on any atom is -0.336 e. The molecule has 0 atom stereocenters. The average molecular weight is 384 g/mol. The third-order valence-corrected chi connectivity index (χ3v) is 6.04. The minimum atomic E-state index is -3.98. The number of sulfonamides is 1. The van der Waals surface area contributed by atoms with Crippen LogP contribution in [0, 0.1) is 17.5 Å². The Labute approximate surface area is 148 Å². The van der Waals surface area contributed by atoms with Crippen molar-refractivity contribution in [3.8, 4) is 0 Å². The van der Waals surface area contributed by atoms with Gasteiger partial charge in [0.2, 0.25) is 10.0 Å². The van der Waals surface area contributed by atoms with Crippen LogP contribution in [0.5, 0.6) is 0 Å². The van der Waals surface area contributed by atoms with Crippen molar-refractivity contribution < 1.29 is 26.4 Å². The quantitative estimate of drug-likeness (QED) is 0.816. The van der Waals surface area contributed by atoms with E-state index in [1.54, 1.807) is 0 Å². The molecule has 0 radical (unpaired) electrons. The fourth-order valence-electron chi connectivity index (χ4n) is 2.69. The Morgan fingerprint density at radius 1 is 0.846 bits per heavy atom. The van der Waals surface area contributed by atoms with Crippen molar-refractivity contribution >= 4 is 15.9 Å². The van der Waals surface area contributed by atoms with Gasteiger partial charge < -0.3 is 4.90 Å². The third-order valence-electron chi connectivity index (χ3n) is 4.15. The van der Waals surface area contributed by atoms with Gasteiger partial charge in [-0.1, -0.05) is 0 Å². The molecule has 1 aliphatic heterocycles. The third kappa shape index (κ3) is 3.58. The summed E-state index contributed by atoms with van der Waals surface area (Å²) in [6.45, 7) is 0.320. The van der Waals surface area contributed by atoms with E-state index in [9.17, 15) is 26.4 Å². The summed E-state index contributed by atoms with van der Waals surface area (Å²) in [4.78, 5) is 13.5. The SMILES string of the molecule is O=C(c1ccc(F)cc1)N1CCN(S(=O)(=O)c2ccc(F)c(F)c2)CC1. The molecule has 138 valence electrons. The summed E-state index contributed by atoms with van der Waals surface area (Å²) in [5.74, 6) is -3.14. The fraction of sp³-hybridized carbons (Fsp3) is 0.235. The Kier molecular flexibility index (Phi) is 5.01. The molecule has 0 saturated carbocycles. The van der Waals surface area contributed by atoms with E-state index in [1.807, 2.05) is 0 Å². The Bertz CT molecular complexity index is 925. The maximum absolute atomic E-state index is 13.3. The molecule has 3 rings (SSSR count). The van der Waals surface area contributed by atoms with E-state index in [0.717, 1.165) is 16.4 Å². The van der Waals surface area contributed by atoms with Gasteiger partial charge in [0.05, 0.1) is 4.90 Å². The number of rotatable bonds is 3. The van der Waals surface area contributed by atoms with E-state index in [2.05, 4.69) is 0 Å². The molecule has 0 aliphatic carbocycles. The average Bonchev–Trinajstić information content (AvgIpc) is 2.64. The van der Waals surface area contributed by atoms with Crippen molar-refractivity contribution in [2.45, 2.75) is 4.90 Å². The maximum Gasteiger partial charge on any atom is 0.253 e. The van der Waals surface area contributed by atoms with E-state index < -0.39 is 27.5 Å². The van der Waals surface area contributed by atoms with Gasteiger partial charge in [-0.3, -0.25) is 4.79 Å². The first kappa shape index (κ1) is 18.4. The van der Waals surface area contributed by atoms with Gasteiger partial charge in [0.15, 0.2) is 11.6 Å². The number of benzene rings is 2. The van der Waals surface area contributed by atoms with Crippen molar-refractivity contribution in [1.82, 2.24) is 9.21 Å². The predicted octanol–water partition coefficient (Wildman–Crippen LogP) is 2.25. The van der Waals surface area contributed by atoms with Crippen LogP contribution in [0.25, 0.3) is 0 Å². The molecule has 26 heavy (non-hydrogen) atoms. The van der Waals surface area contributed by atoms with Crippen molar-refractivity contribution in [3.63, 3.8) is 0 Å². The summed E-state index contributed by atoms with van der Waals surface area (Å²) >= 11 is 0. The lowest BCUT2D eigenvalue weighted by atomic mass is 10.2. The van der Waals surface area contributed by atoms with E-state index in [1.165, 1.54) is 29.2 Å². The van der Waals surface area contributed by atoms with Crippen molar-refractivity contribution in [2.24, 2.45) is 0 Å². The first-order chi connectivity index (χ1) is 12.3. The van der Waals surface area contributed by atoms with Gasteiger partial charge in [-0.15, -0.1) is 0 Å². The number of halogens is 3. The zero-order valence-corrected chi connectivity index (χ0v) is 14.3.